The van der Waals surface area contributed by atoms with E-state index >= 15 is 0 Å². The van der Waals surface area contributed by atoms with E-state index in [2.05, 4.69) is 5.32 Å². The van der Waals surface area contributed by atoms with Crippen molar-refractivity contribution in [2.24, 2.45) is 0 Å². The Morgan fingerprint density at radius 1 is 1.29 bits per heavy atom. The molecule has 6 nitrogen and oxygen atoms in total. The molecule has 1 fully saturated rings. The SMILES string of the molecule is O=C(/C=C/c1ccc([N+](=O)[O-])cc1)N[C@H]1CCCC[C@@H]1O. The number of aliphatic hydroxyl groups excluding tert-OH is 1. The molecule has 1 saturated carbocycles. The average molecular weight is 290 g/mol. The van der Waals surface area contributed by atoms with Crippen LogP contribution in [-0.2, 0) is 4.79 Å². The Balaban J connectivity index is 1.90. The normalized spacial score (nSPS) is 22.1. The highest BCUT2D eigenvalue weighted by atomic mass is 16.6. The quantitative estimate of drug-likeness (QED) is 0.504. The number of non-ortho nitro benzene ring substituents is 1. The van der Waals surface area contributed by atoms with E-state index in [4.69, 9.17) is 0 Å². The molecule has 1 aromatic rings. The number of nitro groups is 1. The van der Waals surface area contributed by atoms with Gasteiger partial charge in [-0.15, -0.1) is 0 Å². The molecule has 1 aromatic carbocycles. The molecule has 0 bridgehead atoms. The van der Waals surface area contributed by atoms with E-state index < -0.39 is 11.0 Å². The average Bonchev–Trinajstić information content (AvgIpc) is 2.48. The fourth-order valence-corrected chi connectivity index (χ4v) is 2.39. The molecule has 1 amide bonds. The smallest absolute Gasteiger partial charge is 0.269 e. The molecular formula is C15H18N2O4. The Hall–Kier alpha value is -2.21. The number of carbonyl (C=O) groups excluding carboxylic acids is 1. The number of nitrogens with zero attached hydrogens (tertiary/aromatic N) is 1. The number of nitro benzene ring substituents is 1. The third kappa shape index (κ3) is 4.39. The van der Waals surface area contributed by atoms with Crippen LogP contribution in [0.2, 0.25) is 0 Å². The largest absolute Gasteiger partial charge is 0.391 e. The van der Waals surface area contributed by atoms with Crippen molar-refractivity contribution >= 4 is 17.7 Å². The van der Waals surface area contributed by atoms with Gasteiger partial charge >= 0.3 is 0 Å². The van der Waals surface area contributed by atoms with Gasteiger partial charge in [0.1, 0.15) is 0 Å². The van der Waals surface area contributed by atoms with Gasteiger partial charge in [0.2, 0.25) is 5.91 Å². The molecule has 0 spiro atoms. The molecular weight excluding hydrogens is 272 g/mol. The third-order valence-corrected chi connectivity index (χ3v) is 3.59. The minimum absolute atomic E-state index is 0.0157. The van der Waals surface area contributed by atoms with Gasteiger partial charge in [-0.2, -0.15) is 0 Å². The minimum Gasteiger partial charge on any atom is -0.391 e. The first kappa shape index (κ1) is 15.2. The Kier molecular flexibility index (Phi) is 5.05. The number of hydrogen-bond acceptors (Lipinski definition) is 4. The number of rotatable bonds is 4. The third-order valence-electron chi connectivity index (χ3n) is 3.59. The van der Waals surface area contributed by atoms with Gasteiger partial charge < -0.3 is 10.4 Å². The lowest BCUT2D eigenvalue weighted by molar-refractivity contribution is -0.384. The molecule has 0 radical (unpaired) electrons. The van der Waals surface area contributed by atoms with E-state index in [0.29, 0.717) is 5.56 Å². The Labute approximate surface area is 122 Å². The van der Waals surface area contributed by atoms with E-state index in [1.54, 1.807) is 18.2 Å². The van der Waals surface area contributed by atoms with Crippen LogP contribution < -0.4 is 5.32 Å². The molecule has 0 aliphatic heterocycles. The number of benzene rings is 1. The summed E-state index contributed by atoms with van der Waals surface area (Å²) in [6, 6.07) is 5.76. The van der Waals surface area contributed by atoms with Crippen LogP contribution >= 0.6 is 0 Å². The Morgan fingerprint density at radius 3 is 2.57 bits per heavy atom. The van der Waals surface area contributed by atoms with Crippen molar-refractivity contribution in [3.63, 3.8) is 0 Å². The first-order chi connectivity index (χ1) is 10.1. The first-order valence-electron chi connectivity index (χ1n) is 6.97. The molecule has 1 aliphatic carbocycles. The molecule has 2 N–H and O–H groups in total. The van der Waals surface area contributed by atoms with E-state index in [9.17, 15) is 20.0 Å². The molecule has 0 aromatic heterocycles. The lowest BCUT2D eigenvalue weighted by Crippen LogP contribution is -2.44. The minimum atomic E-state index is -0.476. The highest BCUT2D eigenvalue weighted by Crippen LogP contribution is 2.18. The number of carbonyl (C=O) groups is 1. The maximum Gasteiger partial charge on any atom is 0.269 e. The molecule has 21 heavy (non-hydrogen) atoms. The summed E-state index contributed by atoms with van der Waals surface area (Å²) >= 11 is 0. The molecule has 112 valence electrons. The molecule has 0 unspecified atom stereocenters. The van der Waals surface area contributed by atoms with Crippen molar-refractivity contribution in [3.8, 4) is 0 Å². The standard InChI is InChI=1S/C15H18N2O4/c18-14-4-2-1-3-13(14)16-15(19)10-7-11-5-8-12(9-6-11)17(20)21/h5-10,13-14,18H,1-4H2,(H,16,19)/b10-7+/t13-,14-/m0/s1. The monoisotopic (exact) mass is 290 g/mol. The van der Waals surface area contributed by atoms with Crippen molar-refractivity contribution in [2.75, 3.05) is 0 Å². The zero-order valence-electron chi connectivity index (χ0n) is 11.6. The number of amides is 1. The van der Waals surface area contributed by atoms with Crippen LogP contribution in [-0.4, -0.2) is 28.1 Å². The summed E-state index contributed by atoms with van der Waals surface area (Å²) in [6.07, 6.45) is 6.00. The van der Waals surface area contributed by atoms with Gasteiger partial charge in [-0.1, -0.05) is 12.8 Å². The Bertz CT molecular complexity index is 539. The summed E-state index contributed by atoms with van der Waals surface area (Å²) in [5.74, 6) is -0.265. The van der Waals surface area contributed by atoms with Crippen LogP contribution in [0.25, 0.3) is 6.08 Å². The topological polar surface area (TPSA) is 92.5 Å². The summed E-state index contributed by atoms with van der Waals surface area (Å²) in [5.41, 5.74) is 0.724. The molecule has 0 heterocycles. The Morgan fingerprint density at radius 2 is 1.95 bits per heavy atom. The summed E-state index contributed by atoms with van der Waals surface area (Å²) in [5, 5.41) is 23.1. The number of hydrogen-bond donors (Lipinski definition) is 2. The second kappa shape index (κ2) is 6.99. The first-order valence-corrected chi connectivity index (χ1v) is 6.97. The van der Waals surface area contributed by atoms with Crippen LogP contribution in [0.3, 0.4) is 0 Å². The molecule has 2 rings (SSSR count). The van der Waals surface area contributed by atoms with Crippen molar-refractivity contribution in [3.05, 3.63) is 46.0 Å². The summed E-state index contributed by atoms with van der Waals surface area (Å²) in [6.45, 7) is 0. The van der Waals surface area contributed by atoms with Gasteiger partial charge in [0.05, 0.1) is 17.1 Å². The van der Waals surface area contributed by atoms with E-state index in [1.807, 2.05) is 0 Å². The van der Waals surface area contributed by atoms with Gasteiger partial charge in [-0.3, -0.25) is 14.9 Å². The van der Waals surface area contributed by atoms with Crippen molar-refractivity contribution in [1.29, 1.82) is 0 Å². The predicted molar refractivity (Wildman–Crippen MR) is 78.5 cm³/mol. The van der Waals surface area contributed by atoms with Crippen LogP contribution in [0, 0.1) is 10.1 Å². The summed E-state index contributed by atoms with van der Waals surface area (Å²) < 4.78 is 0. The van der Waals surface area contributed by atoms with Crippen molar-refractivity contribution in [1.82, 2.24) is 5.32 Å². The highest BCUT2D eigenvalue weighted by Gasteiger charge is 2.23. The fourth-order valence-electron chi connectivity index (χ4n) is 2.39. The lowest BCUT2D eigenvalue weighted by atomic mass is 9.92. The van der Waals surface area contributed by atoms with Crippen molar-refractivity contribution < 1.29 is 14.8 Å². The lowest BCUT2D eigenvalue weighted by Gasteiger charge is -2.27. The van der Waals surface area contributed by atoms with Crippen LogP contribution in [0.4, 0.5) is 5.69 Å². The zero-order chi connectivity index (χ0) is 15.2. The molecule has 0 saturated heterocycles. The highest BCUT2D eigenvalue weighted by molar-refractivity contribution is 5.91. The van der Waals surface area contributed by atoms with Gasteiger partial charge in [0.25, 0.3) is 5.69 Å². The van der Waals surface area contributed by atoms with Crippen LogP contribution in [0.5, 0.6) is 0 Å². The fraction of sp³-hybridized carbons (Fsp3) is 0.400. The maximum atomic E-state index is 11.8. The van der Waals surface area contributed by atoms with Gasteiger partial charge in [0.15, 0.2) is 0 Å². The molecule has 1 aliphatic rings. The maximum absolute atomic E-state index is 11.8. The molecule has 2 atom stereocenters. The van der Waals surface area contributed by atoms with E-state index in [1.165, 1.54) is 18.2 Å². The van der Waals surface area contributed by atoms with Gasteiger partial charge in [0, 0.05) is 18.2 Å². The van der Waals surface area contributed by atoms with Crippen molar-refractivity contribution in [2.45, 2.75) is 37.8 Å². The van der Waals surface area contributed by atoms with E-state index in [0.717, 1.165) is 25.7 Å². The second-order valence-corrected chi connectivity index (χ2v) is 5.15. The zero-order valence-corrected chi connectivity index (χ0v) is 11.6. The summed E-state index contributed by atoms with van der Waals surface area (Å²) in [7, 11) is 0. The predicted octanol–water partition coefficient (Wildman–Crippen LogP) is 2.03. The van der Waals surface area contributed by atoms with Gasteiger partial charge in [-0.25, -0.2) is 0 Å². The number of aliphatic hydroxyl groups is 1. The summed E-state index contributed by atoms with van der Waals surface area (Å²) in [4.78, 5) is 21.9. The second-order valence-electron chi connectivity index (χ2n) is 5.15. The van der Waals surface area contributed by atoms with Crippen LogP contribution in [0.15, 0.2) is 30.3 Å². The molecule has 6 heteroatoms. The van der Waals surface area contributed by atoms with Crippen LogP contribution in [0.1, 0.15) is 31.2 Å². The van der Waals surface area contributed by atoms with Gasteiger partial charge in [-0.05, 0) is 36.6 Å². The van der Waals surface area contributed by atoms with E-state index in [-0.39, 0.29) is 17.6 Å². The number of nitrogens with one attached hydrogen (secondary N) is 1.